The number of ether oxygens (including phenoxy) is 1. The quantitative estimate of drug-likeness (QED) is 0.240. The summed E-state index contributed by atoms with van der Waals surface area (Å²) >= 11 is 0. The van der Waals surface area contributed by atoms with Crippen LogP contribution in [0.5, 0.6) is 0 Å². The highest BCUT2D eigenvalue weighted by molar-refractivity contribution is 7.88. The second-order valence-corrected chi connectivity index (χ2v) is 10.4. The summed E-state index contributed by atoms with van der Waals surface area (Å²) in [6, 6.07) is 7.83. The van der Waals surface area contributed by atoms with E-state index >= 15 is 0 Å². The Hall–Kier alpha value is -3.22. The molecule has 0 unspecified atom stereocenters. The number of sulfonamides is 1. The zero-order valence-electron chi connectivity index (χ0n) is 20.4. The standard InChI is InChI=1S/C20H29N3O4S.C4H4O4/c1-22-14-18(17-6-3-4-7-19(17)22)20(24)27-15-16-8-12-23(13-9-16)11-5-10-21-28(2,25)26;5-3(6)1-2-4(7)8/h3-4,6-7,14,16,21H,5,8-13,15H2,1-2H3;1-2H,(H,5,6)(H,7,8). The van der Waals surface area contributed by atoms with Gasteiger partial charge in [0.1, 0.15) is 0 Å². The van der Waals surface area contributed by atoms with E-state index in [1.807, 2.05) is 42.1 Å². The SMILES string of the molecule is Cn1cc(C(=O)OCC2CCN(CCCNS(C)(=O)=O)CC2)c2ccccc21.O=C(O)C=CC(=O)O. The molecule has 12 heteroatoms. The molecule has 0 spiro atoms. The largest absolute Gasteiger partial charge is 0.478 e. The Morgan fingerprint density at radius 3 is 2.31 bits per heavy atom. The lowest BCUT2D eigenvalue weighted by molar-refractivity contribution is -0.134. The molecule has 2 aromatic rings. The minimum atomic E-state index is -3.11. The van der Waals surface area contributed by atoms with E-state index in [-0.39, 0.29) is 5.97 Å². The fourth-order valence-electron chi connectivity index (χ4n) is 3.86. The number of carbonyl (C=O) groups excluding carboxylic acids is 1. The number of para-hydroxylation sites is 1. The number of nitrogens with zero attached hydrogens (tertiary/aromatic N) is 2. The van der Waals surface area contributed by atoms with Gasteiger partial charge in [0.15, 0.2) is 0 Å². The normalized spacial score (nSPS) is 14.9. The van der Waals surface area contributed by atoms with Crippen molar-refractivity contribution >= 4 is 38.8 Å². The van der Waals surface area contributed by atoms with Gasteiger partial charge in [0.05, 0.1) is 18.4 Å². The van der Waals surface area contributed by atoms with Crippen LogP contribution in [0.1, 0.15) is 29.6 Å². The number of benzene rings is 1. The van der Waals surface area contributed by atoms with Crippen LogP contribution in [-0.4, -0.2) is 85.0 Å². The summed E-state index contributed by atoms with van der Waals surface area (Å²) < 4.78 is 32.2. The van der Waals surface area contributed by atoms with Crippen LogP contribution in [0.3, 0.4) is 0 Å². The molecule has 1 saturated heterocycles. The van der Waals surface area contributed by atoms with Crippen molar-refractivity contribution in [2.24, 2.45) is 13.0 Å². The van der Waals surface area contributed by atoms with Crippen LogP contribution in [0.4, 0.5) is 0 Å². The van der Waals surface area contributed by atoms with E-state index in [0.717, 1.165) is 49.8 Å². The van der Waals surface area contributed by atoms with Crippen LogP contribution in [0.15, 0.2) is 42.6 Å². The molecule has 0 atom stereocenters. The third kappa shape index (κ3) is 10.2. The van der Waals surface area contributed by atoms with E-state index in [4.69, 9.17) is 14.9 Å². The van der Waals surface area contributed by atoms with Crippen molar-refractivity contribution in [2.45, 2.75) is 19.3 Å². The van der Waals surface area contributed by atoms with Gasteiger partial charge in [0, 0.05) is 42.8 Å². The number of esters is 1. The molecule has 1 aromatic carbocycles. The van der Waals surface area contributed by atoms with Gasteiger partial charge < -0.3 is 24.4 Å². The van der Waals surface area contributed by atoms with Crippen molar-refractivity contribution < 1.29 is 37.8 Å². The number of hydrogen-bond acceptors (Lipinski definition) is 7. The molecule has 0 bridgehead atoms. The second-order valence-electron chi connectivity index (χ2n) is 8.58. The van der Waals surface area contributed by atoms with Crippen LogP contribution in [0.2, 0.25) is 0 Å². The van der Waals surface area contributed by atoms with Gasteiger partial charge in [-0.05, 0) is 50.9 Å². The Labute approximate surface area is 210 Å². The third-order valence-corrected chi connectivity index (χ3v) is 6.39. The number of piperidine rings is 1. The number of carboxylic acid groups (broad SMARTS) is 2. The number of aryl methyl sites for hydroxylation is 1. The lowest BCUT2D eigenvalue weighted by Crippen LogP contribution is -2.37. The molecule has 0 radical (unpaired) electrons. The topological polar surface area (TPSA) is 155 Å². The average Bonchev–Trinajstić information content (AvgIpc) is 3.16. The van der Waals surface area contributed by atoms with Gasteiger partial charge in [-0.25, -0.2) is 27.5 Å². The average molecular weight is 524 g/mol. The number of aromatic nitrogens is 1. The number of carbonyl (C=O) groups is 3. The number of likely N-dealkylation sites (tertiary alicyclic amines) is 1. The molecule has 2 heterocycles. The summed E-state index contributed by atoms with van der Waals surface area (Å²) in [5, 5.41) is 16.5. The van der Waals surface area contributed by atoms with E-state index < -0.39 is 22.0 Å². The van der Waals surface area contributed by atoms with E-state index in [1.54, 1.807) is 0 Å². The second kappa shape index (κ2) is 13.8. The molecule has 0 aliphatic carbocycles. The van der Waals surface area contributed by atoms with Crippen LogP contribution < -0.4 is 4.72 Å². The Bertz CT molecular complexity index is 1170. The summed E-state index contributed by atoms with van der Waals surface area (Å²) in [7, 11) is -1.17. The highest BCUT2D eigenvalue weighted by Gasteiger charge is 2.22. The Morgan fingerprint density at radius 1 is 1.11 bits per heavy atom. The smallest absolute Gasteiger partial charge is 0.340 e. The zero-order chi connectivity index (χ0) is 26.7. The summed E-state index contributed by atoms with van der Waals surface area (Å²) in [4.78, 5) is 34.0. The van der Waals surface area contributed by atoms with Crippen molar-refractivity contribution in [3.63, 3.8) is 0 Å². The summed E-state index contributed by atoms with van der Waals surface area (Å²) in [5.41, 5.74) is 1.64. The molecule has 0 saturated carbocycles. The number of nitrogens with one attached hydrogen (secondary N) is 1. The first-order valence-electron chi connectivity index (χ1n) is 11.5. The first-order valence-corrected chi connectivity index (χ1v) is 13.4. The zero-order valence-corrected chi connectivity index (χ0v) is 21.2. The van der Waals surface area contributed by atoms with Crippen LogP contribution in [0.25, 0.3) is 10.9 Å². The molecule has 11 nitrogen and oxygen atoms in total. The maximum Gasteiger partial charge on any atom is 0.340 e. The Balaban J connectivity index is 0.000000493. The van der Waals surface area contributed by atoms with E-state index in [1.165, 1.54) is 6.26 Å². The van der Waals surface area contributed by atoms with Gasteiger partial charge >= 0.3 is 17.9 Å². The number of carboxylic acids is 2. The monoisotopic (exact) mass is 523 g/mol. The van der Waals surface area contributed by atoms with Crippen molar-refractivity contribution in [1.82, 2.24) is 14.2 Å². The molecular weight excluding hydrogens is 490 g/mol. The van der Waals surface area contributed by atoms with Gasteiger partial charge in [0.25, 0.3) is 0 Å². The number of aliphatic carboxylic acids is 2. The first-order chi connectivity index (χ1) is 17.0. The van der Waals surface area contributed by atoms with Crippen molar-refractivity contribution in [1.29, 1.82) is 0 Å². The highest BCUT2D eigenvalue weighted by Crippen LogP contribution is 2.22. The van der Waals surface area contributed by atoms with Gasteiger partial charge in [-0.2, -0.15) is 0 Å². The number of fused-ring (bicyclic) bond motifs is 1. The Morgan fingerprint density at radius 2 is 1.72 bits per heavy atom. The molecule has 0 amide bonds. The van der Waals surface area contributed by atoms with Gasteiger partial charge in [-0.1, -0.05) is 18.2 Å². The van der Waals surface area contributed by atoms with Crippen molar-refractivity contribution in [3.8, 4) is 0 Å². The highest BCUT2D eigenvalue weighted by atomic mass is 32.2. The Kier molecular flexibility index (Phi) is 11.1. The van der Waals surface area contributed by atoms with E-state index in [2.05, 4.69) is 9.62 Å². The number of rotatable bonds is 10. The minimum Gasteiger partial charge on any atom is -0.478 e. The number of hydrogen-bond donors (Lipinski definition) is 3. The predicted octanol–water partition coefficient (Wildman–Crippen LogP) is 1.70. The molecule has 1 aliphatic rings. The van der Waals surface area contributed by atoms with Crippen molar-refractivity contribution in [2.75, 3.05) is 39.0 Å². The lowest BCUT2D eigenvalue weighted by Gasteiger charge is -2.31. The molecule has 1 fully saturated rings. The molecule has 36 heavy (non-hydrogen) atoms. The van der Waals surface area contributed by atoms with Crippen LogP contribution in [-0.2, 0) is 31.4 Å². The molecule has 3 N–H and O–H groups in total. The lowest BCUT2D eigenvalue weighted by atomic mass is 9.97. The third-order valence-electron chi connectivity index (χ3n) is 5.66. The van der Waals surface area contributed by atoms with Crippen molar-refractivity contribution in [3.05, 3.63) is 48.2 Å². The van der Waals surface area contributed by atoms with E-state index in [0.29, 0.717) is 36.8 Å². The summed E-state index contributed by atoms with van der Waals surface area (Å²) in [6.07, 6.45) is 6.90. The first kappa shape index (κ1) is 29.0. The molecule has 3 rings (SSSR count). The van der Waals surface area contributed by atoms with Gasteiger partial charge in [-0.3, -0.25) is 0 Å². The fourth-order valence-corrected chi connectivity index (χ4v) is 4.37. The molecule has 1 aliphatic heterocycles. The van der Waals surface area contributed by atoms with E-state index in [9.17, 15) is 22.8 Å². The maximum absolute atomic E-state index is 12.5. The minimum absolute atomic E-state index is 0.258. The molecule has 1 aromatic heterocycles. The predicted molar refractivity (Wildman–Crippen MR) is 134 cm³/mol. The fraction of sp³-hybridized carbons (Fsp3) is 0.458. The van der Waals surface area contributed by atoms with Crippen LogP contribution >= 0.6 is 0 Å². The van der Waals surface area contributed by atoms with Crippen LogP contribution in [0, 0.1) is 5.92 Å². The maximum atomic E-state index is 12.5. The molecule has 198 valence electrons. The summed E-state index contributed by atoms with van der Waals surface area (Å²) in [6.45, 7) is 3.71. The molecular formula is C24H33N3O8S. The van der Waals surface area contributed by atoms with Gasteiger partial charge in [-0.15, -0.1) is 0 Å². The van der Waals surface area contributed by atoms with Gasteiger partial charge in [0.2, 0.25) is 10.0 Å². The summed E-state index contributed by atoms with van der Waals surface area (Å²) in [5.74, 6) is -2.39.